The van der Waals surface area contributed by atoms with Crippen molar-refractivity contribution in [2.24, 2.45) is 11.8 Å². The second-order valence-electron chi connectivity index (χ2n) is 9.38. The lowest BCUT2D eigenvalue weighted by Crippen LogP contribution is -2.50. The van der Waals surface area contributed by atoms with E-state index in [-0.39, 0.29) is 41.6 Å². The second-order valence-corrected chi connectivity index (χ2v) is 9.82. The molecule has 2 aliphatic heterocycles. The molecule has 1 aromatic carbocycles. The standard InChI is InChI=1S/C24H35ClN4O3/c1-14-10-15(2)27-24(32)21(14)13-26-23(31)20-11-18(25)12-22(16(20)3)28(5)19-6-8-29(9-7-19)17(4)30/h11-12,14-15,19,21H,6-10,13H2,1-5H3,(H,26,31)(H,27,32). The number of anilines is 1. The summed E-state index contributed by atoms with van der Waals surface area (Å²) in [6.45, 7) is 9.36. The largest absolute Gasteiger partial charge is 0.371 e. The molecule has 0 radical (unpaired) electrons. The molecular formula is C24H35ClN4O3. The number of amides is 3. The van der Waals surface area contributed by atoms with Gasteiger partial charge in [-0.15, -0.1) is 0 Å². The molecule has 0 aliphatic carbocycles. The first kappa shape index (κ1) is 24.4. The van der Waals surface area contributed by atoms with Crippen LogP contribution in [0.5, 0.6) is 0 Å². The van der Waals surface area contributed by atoms with Gasteiger partial charge in [-0.25, -0.2) is 0 Å². The fraction of sp³-hybridized carbons (Fsp3) is 0.625. The first-order valence-electron chi connectivity index (χ1n) is 11.5. The third-order valence-corrected chi connectivity index (χ3v) is 7.27. The van der Waals surface area contributed by atoms with E-state index in [1.165, 1.54) is 0 Å². The summed E-state index contributed by atoms with van der Waals surface area (Å²) in [7, 11) is 2.02. The third-order valence-electron chi connectivity index (χ3n) is 7.05. The van der Waals surface area contributed by atoms with Crippen LogP contribution in [0.4, 0.5) is 5.69 Å². The Morgan fingerprint density at radius 2 is 1.91 bits per heavy atom. The maximum atomic E-state index is 13.0. The summed E-state index contributed by atoms with van der Waals surface area (Å²) in [6, 6.07) is 4.02. The highest BCUT2D eigenvalue weighted by atomic mass is 35.5. The number of carbonyl (C=O) groups excluding carboxylic acids is 3. The van der Waals surface area contributed by atoms with Crippen LogP contribution in [0.25, 0.3) is 0 Å². The van der Waals surface area contributed by atoms with Crippen molar-refractivity contribution in [3.05, 3.63) is 28.3 Å². The maximum Gasteiger partial charge on any atom is 0.251 e. The Kier molecular flexibility index (Phi) is 7.70. The van der Waals surface area contributed by atoms with Crippen LogP contribution >= 0.6 is 11.6 Å². The van der Waals surface area contributed by atoms with Crippen molar-refractivity contribution >= 4 is 35.0 Å². The molecular weight excluding hydrogens is 428 g/mol. The van der Waals surface area contributed by atoms with E-state index in [1.54, 1.807) is 13.0 Å². The fourth-order valence-corrected chi connectivity index (χ4v) is 5.22. The highest BCUT2D eigenvalue weighted by molar-refractivity contribution is 6.31. The molecule has 3 rings (SSSR count). The molecule has 1 aromatic rings. The first-order valence-corrected chi connectivity index (χ1v) is 11.8. The lowest BCUT2D eigenvalue weighted by Gasteiger charge is -2.38. The van der Waals surface area contributed by atoms with E-state index in [9.17, 15) is 14.4 Å². The molecule has 176 valence electrons. The van der Waals surface area contributed by atoms with Gasteiger partial charge in [-0.1, -0.05) is 18.5 Å². The maximum absolute atomic E-state index is 13.0. The van der Waals surface area contributed by atoms with Gasteiger partial charge in [0.1, 0.15) is 0 Å². The molecule has 0 spiro atoms. The number of benzene rings is 1. The van der Waals surface area contributed by atoms with Gasteiger partial charge in [0.15, 0.2) is 0 Å². The molecule has 0 aromatic heterocycles. The molecule has 2 N–H and O–H groups in total. The molecule has 2 aliphatic rings. The summed E-state index contributed by atoms with van der Waals surface area (Å²) in [5, 5.41) is 6.43. The Bertz CT molecular complexity index is 882. The summed E-state index contributed by atoms with van der Waals surface area (Å²) in [5.74, 6) is -0.133. The second kappa shape index (κ2) is 10.1. The lowest BCUT2D eigenvalue weighted by molar-refractivity contribution is -0.130. The van der Waals surface area contributed by atoms with E-state index in [4.69, 9.17) is 11.6 Å². The van der Waals surface area contributed by atoms with Crippen LogP contribution in [0.2, 0.25) is 5.02 Å². The van der Waals surface area contributed by atoms with E-state index in [0.29, 0.717) is 17.1 Å². The van der Waals surface area contributed by atoms with Crippen LogP contribution in [-0.2, 0) is 9.59 Å². The number of likely N-dealkylation sites (tertiary alicyclic amines) is 1. The topological polar surface area (TPSA) is 81.8 Å². The highest BCUT2D eigenvalue weighted by Crippen LogP contribution is 2.31. The van der Waals surface area contributed by atoms with E-state index < -0.39 is 0 Å². The number of nitrogens with one attached hydrogen (secondary N) is 2. The van der Waals surface area contributed by atoms with Gasteiger partial charge in [-0.2, -0.15) is 0 Å². The monoisotopic (exact) mass is 462 g/mol. The highest BCUT2D eigenvalue weighted by Gasteiger charge is 2.32. The van der Waals surface area contributed by atoms with Crippen LogP contribution in [0.1, 0.15) is 56.0 Å². The Hall–Kier alpha value is -2.28. The van der Waals surface area contributed by atoms with Crippen LogP contribution in [-0.4, -0.2) is 61.4 Å². The lowest BCUT2D eigenvalue weighted by atomic mass is 9.84. The number of halogens is 1. The third kappa shape index (κ3) is 5.37. The van der Waals surface area contributed by atoms with Crippen molar-refractivity contribution in [2.45, 2.75) is 59.0 Å². The molecule has 2 saturated heterocycles. The minimum atomic E-state index is -0.233. The molecule has 32 heavy (non-hydrogen) atoms. The molecule has 2 heterocycles. The minimum Gasteiger partial charge on any atom is -0.371 e. The van der Waals surface area contributed by atoms with Gasteiger partial charge in [0, 0.05) is 62.0 Å². The molecule has 0 bridgehead atoms. The predicted octanol–water partition coefficient (Wildman–Crippen LogP) is 2.99. The Morgan fingerprint density at radius 3 is 2.50 bits per heavy atom. The van der Waals surface area contributed by atoms with Gasteiger partial charge in [-0.05, 0) is 56.7 Å². The van der Waals surface area contributed by atoms with Crippen LogP contribution in [0.3, 0.4) is 0 Å². The molecule has 0 saturated carbocycles. The van der Waals surface area contributed by atoms with Gasteiger partial charge in [0.05, 0.1) is 5.92 Å². The normalized spacial score (nSPS) is 24.1. The smallest absolute Gasteiger partial charge is 0.251 e. The Morgan fingerprint density at radius 1 is 1.25 bits per heavy atom. The molecule has 7 nitrogen and oxygen atoms in total. The van der Waals surface area contributed by atoms with E-state index >= 15 is 0 Å². The van der Waals surface area contributed by atoms with Crippen LogP contribution in [0, 0.1) is 18.8 Å². The van der Waals surface area contributed by atoms with Crippen molar-refractivity contribution in [1.82, 2.24) is 15.5 Å². The summed E-state index contributed by atoms with van der Waals surface area (Å²) in [6.07, 6.45) is 2.65. The predicted molar refractivity (Wildman–Crippen MR) is 127 cm³/mol. The quantitative estimate of drug-likeness (QED) is 0.704. The van der Waals surface area contributed by atoms with Crippen LogP contribution in [0.15, 0.2) is 12.1 Å². The van der Waals surface area contributed by atoms with Gasteiger partial charge >= 0.3 is 0 Å². The molecule has 3 atom stereocenters. The zero-order valence-corrected chi connectivity index (χ0v) is 20.5. The first-order chi connectivity index (χ1) is 15.1. The van der Waals surface area contributed by atoms with E-state index in [2.05, 4.69) is 22.5 Å². The van der Waals surface area contributed by atoms with Crippen LogP contribution < -0.4 is 15.5 Å². The van der Waals surface area contributed by atoms with Gasteiger partial charge in [0.25, 0.3) is 5.91 Å². The summed E-state index contributed by atoms with van der Waals surface area (Å²) in [5.41, 5.74) is 2.30. The molecule has 8 heteroatoms. The van der Waals surface area contributed by atoms with Gasteiger partial charge < -0.3 is 20.4 Å². The minimum absolute atomic E-state index is 0.00306. The van der Waals surface area contributed by atoms with Crippen molar-refractivity contribution in [1.29, 1.82) is 0 Å². The van der Waals surface area contributed by atoms with Crippen molar-refractivity contribution in [3.63, 3.8) is 0 Å². The van der Waals surface area contributed by atoms with Crippen molar-refractivity contribution < 1.29 is 14.4 Å². The average molecular weight is 463 g/mol. The van der Waals surface area contributed by atoms with E-state index in [0.717, 1.165) is 43.6 Å². The number of hydrogen-bond donors (Lipinski definition) is 2. The molecule has 3 unspecified atom stereocenters. The number of carbonyl (C=O) groups is 3. The van der Waals surface area contributed by atoms with Crippen molar-refractivity contribution in [3.8, 4) is 0 Å². The Balaban J connectivity index is 1.71. The zero-order valence-electron chi connectivity index (χ0n) is 19.7. The SMILES string of the molecule is CC(=O)N1CCC(N(C)c2cc(Cl)cc(C(=O)NCC3C(=O)NC(C)CC3C)c2C)CC1. The van der Waals surface area contributed by atoms with Gasteiger partial charge in [0.2, 0.25) is 11.8 Å². The Labute approximate surface area is 195 Å². The summed E-state index contributed by atoms with van der Waals surface area (Å²) >= 11 is 6.40. The number of hydrogen-bond acceptors (Lipinski definition) is 4. The molecule has 3 amide bonds. The fourth-order valence-electron chi connectivity index (χ4n) is 5.01. The van der Waals surface area contributed by atoms with E-state index in [1.807, 2.05) is 31.9 Å². The summed E-state index contributed by atoms with van der Waals surface area (Å²) < 4.78 is 0. The average Bonchev–Trinajstić information content (AvgIpc) is 2.73. The molecule has 2 fully saturated rings. The number of piperidine rings is 2. The zero-order chi connectivity index (χ0) is 23.6. The number of nitrogens with zero attached hydrogens (tertiary/aromatic N) is 2. The van der Waals surface area contributed by atoms with Gasteiger partial charge in [-0.3, -0.25) is 14.4 Å². The summed E-state index contributed by atoms with van der Waals surface area (Å²) in [4.78, 5) is 41.1. The van der Waals surface area contributed by atoms with Crippen molar-refractivity contribution in [2.75, 3.05) is 31.6 Å². The number of rotatable bonds is 5.